The second-order valence-electron chi connectivity index (χ2n) is 29.3. The Morgan fingerprint density at radius 2 is 1.25 bits per heavy atom. The number of halogens is 5. The molecule has 6 N–H and O–H groups in total. The molecule has 2 aliphatic rings. The van der Waals surface area contributed by atoms with Crippen molar-refractivity contribution in [1.82, 2.24) is 35.6 Å². The lowest BCUT2D eigenvalue weighted by Crippen LogP contribution is -2.54. The summed E-state index contributed by atoms with van der Waals surface area (Å²) < 4.78 is 86.1. The zero-order chi connectivity index (χ0) is 78.3. The van der Waals surface area contributed by atoms with E-state index in [1.807, 2.05) is 90.9 Å². The molecule has 23 nitrogen and oxygen atoms in total. The summed E-state index contributed by atoms with van der Waals surface area (Å²) in [5, 5.41) is 11.0. The van der Waals surface area contributed by atoms with E-state index in [0.29, 0.717) is 37.1 Å². The maximum atomic E-state index is 14.7. The van der Waals surface area contributed by atoms with Crippen molar-refractivity contribution < 1.29 is 88.9 Å². The monoisotopic (exact) mass is 1480 g/mol. The van der Waals surface area contributed by atoms with Crippen LogP contribution in [0, 0.1) is 82.3 Å². The van der Waals surface area contributed by atoms with Crippen molar-refractivity contribution >= 4 is 70.5 Å². The highest BCUT2D eigenvalue weighted by atomic mass is 19.2. The third-order valence-corrected chi connectivity index (χ3v) is 20.5. The van der Waals surface area contributed by atoms with E-state index >= 15 is 0 Å². The standard InChI is InChI=1S/C77H110F5N9O14/c1-15-46(8)70(89(12)75(100)54(43(2)3)40-58(94)69(45(6)7)88(10)11)59(103-13)41-62(97)91-34-20-24-55(91)71(104-14)47(9)56(92)39-52(37-48-21-17-16-18-22-48)73(98)85-42-49-25-27-53(28-26-49)86-74(99)51(23-19-33-84-77(83)102)38-57(93)68(44(4)5)87-60(95)29-30-61(96)90-35-31-50(32-36-90)76(101)105-72-66(81)64(79)63(78)65(80)67(72)82/h16-18,21-22,25-28,43-47,50-52,54-55,59,68-71H,15,19-20,23-24,29-42H2,1-14H3,(H,85,98)(H,86,99)(H,87,95)(H3,83,84,102)/t46-,47-,51+,52+,54-,55-,59+,68-,69-,70-,71+/m0/s1. The Balaban J connectivity index is 1.20. The number of anilines is 1. The summed E-state index contributed by atoms with van der Waals surface area (Å²) in [4.78, 5) is 157. The van der Waals surface area contributed by atoms with Gasteiger partial charge in [-0.05, 0) is 106 Å². The predicted molar refractivity (Wildman–Crippen MR) is 384 cm³/mol. The Hall–Kier alpha value is -8.24. The highest BCUT2D eigenvalue weighted by Gasteiger charge is 2.44. The maximum Gasteiger partial charge on any atom is 0.314 e. The fraction of sp³-hybridized carbons (Fsp3) is 0.623. The number of methoxy groups -OCH3 is 2. The van der Waals surface area contributed by atoms with E-state index < -0.39 is 136 Å². The van der Waals surface area contributed by atoms with Gasteiger partial charge in [0.05, 0.1) is 48.7 Å². The zero-order valence-corrected chi connectivity index (χ0v) is 63.3. The number of amides is 8. The number of rotatable bonds is 41. The van der Waals surface area contributed by atoms with Crippen LogP contribution in [0.4, 0.5) is 32.4 Å². The van der Waals surface area contributed by atoms with Crippen LogP contribution in [-0.2, 0) is 70.4 Å². The molecular formula is C77H110F5N9O14. The number of piperidine rings is 1. The largest absolute Gasteiger partial charge is 0.420 e. The van der Waals surface area contributed by atoms with Crippen LogP contribution in [0.1, 0.15) is 157 Å². The molecule has 0 saturated carbocycles. The van der Waals surface area contributed by atoms with Crippen molar-refractivity contribution in [3.8, 4) is 5.75 Å². The molecule has 2 heterocycles. The first-order valence-electron chi connectivity index (χ1n) is 36.5. The van der Waals surface area contributed by atoms with Gasteiger partial charge in [-0.25, -0.2) is 18.0 Å². The Kier molecular flexibility index (Phi) is 34.6. The van der Waals surface area contributed by atoms with Crippen LogP contribution in [0.15, 0.2) is 54.6 Å². The summed E-state index contributed by atoms with van der Waals surface area (Å²) in [7, 11) is 8.51. The number of nitrogens with one attached hydrogen (secondary N) is 4. The van der Waals surface area contributed by atoms with E-state index in [-0.39, 0.29) is 150 Å². The molecule has 0 spiro atoms. The number of carbonyl (C=O) groups excluding carboxylic acids is 11. The number of primary amides is 1. The van der Waals surface area contributed by atoms with Crippen LogP contribution < -0.4 is 31.7 Å². The molecule has 11 atom stereocenters. The van der Waals surface area contributed by atoms with Gasteiger partial charge in [-0.15, -0.1) is 0 Å². The molecule has 582 valence electrons. The minimum Gasteiger partial charge on any atom is -0.420 e. The first-order chi connectivity index (χ1) is 49.6. The number of hydrogen-bond donors (Lipinski definition) is 5. The van der Waals surface area contributed by atoms with Crippen molar-refractivity contribution in [1.29, 1.82) is 0 Å². The van der Waals surface area contributed by atoms with Crippen molar-refractivity contribution in [2.24, 2.45) is 59.0 Å². The molecule has 0 aromatic heterocycles. The molecule has 3 aromatic rings. The summed E-state index contributed by atoms with van der Waals surface area (Å²) in [5.74, 6) is -22.7. The molecule has 2 fully saturated rings. The van der Waals surface area contributed by atoms with E-state index in [4.69, 9.17) is 15.2 Å². The second kappa shape index (κ2) is 41.6. The smallest absolute Gasteiger partial charge is 0.314 e. The first kappa shape index (κ1) is 87.4. The van der Waals surface area contributed by atoms with E-state index in [9.17, 15) is 74.7 Å². The lowest BCUT2D eigenvalue weighted by Gasteiger charge is -2.41. The number of benzene rings is 3. The molecule has 105 heavy (non-hydrogen) atoms. The maximum absolute atomic E-state index is 14.7. The molecule has 5 rings (SSSR count). The number of ketones is 3. The number of ether oxygens (including phenoxy) is 3. The third-order valence-electron chi connectivity index (χ3n) is 20.5. The number of hydrogen-bond acceptors (Lipinski definition) is 15. The van der Waals surface area contributed by atoms with Gasteiger partial charge in [0.2, 0.25) is 70.3 Å². The Labute approximate surface area is 614 Å². The van der Waals surface area contributed by atoms with Crippen LogP contribution >= 0.6 is 0 Å². The molecule has 0 aliphatic carbocycles. The number of likely N-dealkylation sites (N-methyl/N-ethyl adjacent to an activating group) is 2. The number of nitrogens with two attached hydrogens (primary N) is 1. The molecule has 2 aliphatic heterocycles. The zero-order valence-electron chi connectivity index (χ0n) is 63.3. The number of Topliss-reactive ketones (excluding diaryl/α,β-unsaturated/α-hetero) is 3. The molecule has 0 unspecified atom stereocenters. The van der Waals surface area contributed by atoms with Gasteiger partial charge in [-0.3, -0.25) is 52.8 Å². The van der Waals surface area contributed by atoms with Crippen LogP contribution in [-0.4, -0.2) is 182 Å². The topological polar surface area (TPSA) is 303 Å². The van der Waals surface area contributed by atoms with E-state index in [2.05, 4.69) is 26.0 Å². The average molecular weight is 1480 g/mol. The SMILES string of the molecule is CC[C@H](C)[C@@H]([C@@H](CC(=O)N1CCC[C@H]1[C@H](OC)[C@@H](C)C(=O)C[C@@H](Cc1ccccc1)C(=O)NCc1ccc(NC(=O)[C@H](CCCNC(N)=O)CC(=O)[C@@H](NC(=O)CCC(=O)N2CCC(C(=O)Oc3c(F)c(F)c(F)c(F)c3F)CC2)C(C)C)cc1)OC)N(C)C(=O)[C@@H](CC(=O)[C@H](C(C)C)N(C)C)C(C)C. The average Bonchev–Trinajstić information content (AvgIpc) is 1.80. The van der Waals surface area contributed by atoms with Crippen molar-refractivity contribution in [2.75, 3.05) is 66.9 Å². The van der Waals surface area contributed by atoms with Gasteiger partial charge < -0.3 is 55.9 Å². The molecule has 8 amide bonds. The quantitative estimate of drug-likeness (QED) is 0.00883. The molecule has 0 bridgehead atoms. The first-order valence-corrected chi connectivity index (χ1v) is 36.5. The van der Waals surface area contributed by atoms with Gasteiger partial charge in [0.15, 0.2) is 11.6 Å². The summed E-state index contributed by atoms with van der Waals surface area (Å²) in [6.45, 7) is 17.5. The lowest BCUT2D eigenvalue weighted by molar-refractivity contribution is -0.149. The highest BCUT2D eigenvalue weighted by molar-refractivity contribution is 5.98. The summed E-state index contributed by atoms with van der Waals surface area (Å²) in [6, 6.07) is 12.7. The normalized spacial score (nSPS) is 17.0. The van der Waals surface area contributed by atoms with Gasteiger partial charge in [0, 0.05) is 115 Å². The van der Waals surface area contributed by atoms with E-state index in [0.717, 1.165) is 5.56 Å². The minimum atomic E-state index is -2.42. The second-order valence-corrected chi connectivity index (χ2v) is 29.3. The van der Waals surface area contributed by atoms with Gasteiger partial charge in [0.1, 0.15) is 5.78 Å². The highest BCUT2D eigenvalue weighted by Crippen LogP contribution is 2.35. The lowest BCUT2D eigenvalue weighted by atomic mass is 9.83. The minimum absolute atomic E-state index is 0.00410. The van der Waals surface area contributed by atoms with Crippen molar-refractivity contribution in [2.45, 2.75) is 195 Å². The number of likely N-dealkylation sites (tertiary alicyclic amines) is 2. The fourth-order valence-corrected chi connectivity index (χ4v) is 14.4. The van der Waals surface area contributed by atoms with E-state index in [1.54, 1.807) is 61.9 Å². The van der Waals surface area contributed by atoms with Crippen molar-refractivity contribution in [3.63, 3.8) is 0 Å². The predicted octanol–water partition coefficient (Wildman–Crippen LogP) is 9.28. The molecule has 3 aromatic carbocycles. The van der Waals surface area contributed by atoms with E-state index in [1.165, 1.54) is 19.1 Å². The number of carbonyl (C=O) groups is 11. The Morgan fingerprint density at radius 1 is 0.638 bits per heavy atom. The molecule has 0 radical (unpaired) electrons. The molecule has 2 saturated heterocycles. The number of esters is 1. The number of nitrogens with zero attached hydrogens (tertiary/aromatic N) is 4. The Bertz CT molecular complexity index is 3430. The molecule has 28 heteroatoms. The summed E-state index contributed by atoms with van der Waals surface area (Å²) in [5.41, 5.74) is 7.10. The van der Waals surface area contributed by atoms with Gasteiger partial charge in [-0.2, -0.15) is 8.78 Å². The fourth-order valence-electron chi connectivity index (χ4n) is 14.4. The third kappa shape index (κ3) is 24.7. The van der Waals surface area contributed by atoms with Crippen LogP contribution in [0.3, 0.4) is 0 Å². The molecular weight excluding hydrogens is 1370 g/mol. The van der Waals surface area contributed by atoms with Crippen molar-refractivity contribution in [3.05, 3.63) is 94.8 Å². The summed E-state index contributed by atoms with van der Waals surface area (Å²) in [6.07, 6.45) is -0.270. The van der Waals surface area contributed by atoms with Gasteiger partial charge in [0.25, 0.3) is 0 Å². The van der Waals surface area contributed by atoms with Crippen LogP contribution in [0.25, 0.3) is 0 Å². The van der Waals surface area contributed by atoms with Crippen LogP contribution in [0.5, 0.6) is 5.75 Å². The number of urea groups is 1. The van der Waals surface area contributed by atoms with Gasteiger partial charge >= 0.3 is 12.0 Å². The summed E-state index contributed by atoms with van der Waals surface area (Å²) >= 11 is 0. The Morgan fingerprint density at radius 3 is 1.80 bits per heavy atom. The van der Waals surface area contributed by atoms with Crippen LogP contribution in [0.2, 0.25) is 0 Å². The van der Waals surface area contributed by atoms with Gasteiger partial charge in [-0.1, -0.05) is 111 Å².